The number of benzene rings is 2. The smallest absolute Gasteiger partial charge is 0.143 e. The van der Waals surface area contributed by atoms with Crippen molar-refractivity contribution in [2.24, 2.45) is 0 Å². The number of aromatic nitrogens is 2. The second kappa shape index (κ2) is 5.52. The van der Waals surface area contributed by atoms with E-state index >= 15 is 0 Å². The standard InChI is InChI=1S/C17H16N2O3/c1-3-22-16-7-5-4-6-15(16)19-11(2)18-13-10-12(17(20)21)8-9-14(13)19/h4-10H,3H2,1-2H3,(H,20,21)/p-1. The summed E-state index contributed by atoms with van der Waals surface area (Å²) in [4.78, 5) is 15.4. The first-order valence-corrected chi connectivity index (χ1v) is 7.04. The Morgan fingerprint density at radius 2 is 2.05 bits per heavy atom. The number of imidazole rings is 1. The van der Waals surface area contributed by atoms with E-state index in [2.05, 4.69) is 4.98 Å². The van der Waals surface area contributed by atoms with Crippen molar-refractivity contribution in [2.75, 3.05) is 6.61 Å². The number of para-hydroxylation sites is 2. The number of nitrogens with zero attached hydrogens (tertiary/aromatic N) is 2. The highest BCUT2D eigenvalue weighted by Crippen LogP contribution is 2.28. The number of carboxylic acid groups (broad SMARTS) is 1. The van der Waals surface area contributed by atoms with Crippen LogP contribution in [0.25, 0.3) is 16.7 Å². The molecule has 3 aromatic rings. The van der Waals surface area contributed by atoms with Crippen LogP contribution in [0.3, 0.4) is 0 Å². The van der Waals surface area contributed by atoms with Crippen molar-refractivity contribution in [3.8, 4) is 11.4 Å². The molecule has 22 heavy (non-hydrogen) atoms. The summed E-state index contributed by atoms with van der Waals surface area (Å²) in [7, 11) is 0. The number of carbonyl (C=O) groups is 1. The molecule has 0 N–H and O–H groups in total. The van der Waals surface area contributed by atoms with Gasteiger partial charge in [-0.25, -0.2) is 4.98 Å². The number of carbonyl (C=O) groups excluding carboxylic acids is 1. The SMILES string of the molecule is CCOc1ccccc1-n1c(C)nc2cc(C(=O)[O-])ccc21. The van der Waals surface area contributed by atoms with Crippen LogP contribution in [0.4, 0.5) is 0 Å². The Morgan fingerprint density at radius 1 is 1.27 bits per heavy atom. The molecule has 0 amide bonds. The fourth-order valence-corrected chi connectivity index (χ4v) is 2.55. The third-order valence-electron chi connectivity index (χ3n) is 3.46. The van der Waals surface area contributed by atoms with Gasteiger partial charge in [0.25, 0.3) is 0 Å². The molecule has 0 saturated carbocycles. The van der Waals surface area contributed by atoms with Crippen LogP contribution >= 0.6 is 0 Å². The molecule has 3 rings (SSSR count). The fourth-order valence-electron chi connectivity index (χ4n) is 2.55. The first-order chi connectivity index (χ1) is 10.6. The molecule has 0 aliphatic carbocycles. The van der Waals surface area contributed by atoms with E-state index in [4.69, 9.17) is 4.74 Å². The molecular formula is C17H15N2O3-. The van der Waals surface area contributed by atoms with Gasteiger partial charge in [-0.1, -0.05) is 18.2 Å². The maximum atomic E-state index is 11.0. The summed E-state index contributed by atoms with van der Waals surface area (Å²) in [6.07, 6.45) is 0. The average Bonchev–Trinajstić information content (AvgIpc) is 2.83. The van der Waals surface area contributed by atoms with E-state index in [-0.39, 0.29) is 5.56 Å². The summed E-state index contributed by atoms with van der Waals surface area (Å²) < 4.78 is 7.63. The van der Waals surface area contributed by atoms with Crippen LogP contribution in [-0.2, 0) is 0 Å². The molecule has 2 aromatic carbocycles. The predicted molar refractivity (Wildman–Crippen MR) is 81.3 cm³/mol. The van der Waals surface area contributed by atoms with Gasteiger partial charge in [0.1, 0.15) is 11.6 Å². The zero-order chi connectivity index (χ0) is 15.7. The van der Waals surface area contributed by atoms with E-state index in [0.29, 0.717) is 12.1 Å². The molecule has 1 aromatic heterocycles. The van der Waals surface area contributed by atoms with Gasteiger partial charge in [-0.3, -0.25) is 4.57 Å². The van der Waals surface area contributed by atoms with Gasteiger partial charge < -0.3 is 14.6 Å². The zero-order valence-corrected chi connectivity index (χ0v) is 12.4. The summed E-state index contributed by atoms with van der Waals surface area (Å²) in [5.74, 6) is 0.317. The molecule has 112 valence electrons. The summed E-state index contributed by atoms with van der Waals surface area (Å²) in [6, 6.07) is 12.5. The van der Waals surface area contributed by atoms with Gasteiger partial charge in [0, 0.05) is 0 Å². The van der Waals surface area contributed by atoms with E-state index in [9.17, 15) is 9.90 Å². The summed E-state index contributed by atoms with van der Waals surface area (Å²) in [5.41, 5.74) is 2.45. The normalized spacial score (nSPS) is 10.8. The van der Waals surface area contributed by atoms with Crippen molar-refractivity contribution >= 4 is 17.0 Å². The Kier molecular flexibility index (Phi) is 3.55. The second-order valence-electron chi connectivity index (χ2n) is 4.89. The molecule has 0 bridgehead atoms. The van der Waals surface area contributed by atoms with E-state index in [1.165, 1.54) is 12.1 Å². The first kappa shape index (κ1) is 14.1. The Balaban J connectivity index is 2.23. The van der Waals surface area contributed by atoms with Gasteiger partial charge >= 0.3 is 0 Å². The lowest BCUT2D eigenvalue weighted by atomic mass is 10.2. The highest BCUT2D eigenvalue weighted by molar-refractivity contribution is 5.91. The number of rotatable bonds is 4. The van der Waals surface area contributed by atoms with Crippen molar-refractivity contribution in [2.45, 2.75) is 13.8 Å². The molecule has 0 saturated heterocycles. The Hall–Kier alpha value is -2.82. The number of hydrogen-bond acceptors (Lipinski definition) is 4. The van der Waals surface area contributed by atoms with Crippen LogP contribution in [0.5, 0.6) is 5.75 Å². The van der Waals surface area contributed by atoms with Gasteiger partial charge in [-0.15, -0.1) is 0 Å². The monoisotopic (exact) mass is 295 g/mol. The van der Waals surface area contributed by atoms with Crippen LogP contribution < -0.4 is 9.84 Å². The molecule has 5 nitrogen and oxygen atoms in total. The van der Waals surface area contributed by atoms with Crippen molar-refractivity contribution in [1.82, 2.24) is 9.55 Å². The molecule has 0 fully saturated rings. The van der Waals surface area contributed by atoms with Gasteiger partial charge in [-0.2, -0.15) is 0 Å². The van der Waals surface area contributed by atoms with Crippen molar-refractivity contribution in [3.63, 3.8) is 0 Å². The maximum Gasteiger partial charge on any atom is 0.143 e. The Morgan fingerprint density at radius 3 is 2.77 bits per heavy atom. The second-order valence-corrected chi connectivity index (χ2v) is 4.89. The predicted octanol–water partition coefficient (Wildman–Crippen LogP) is 2.10. The quantitative estimate of drug-likeness (QED) is 0.739. The van der Waals surface area contributed by atoms with E-state index in [1.54, 1.807) is 6.07 Å². The van der Waals surface area contributed by atoms with Crippen molar-refractivity contribution in [1.29, 1.82) is 0 Å². The molecule has 5 heteroatoms. The van der Waals surface area contributed by atoms with Crippen LogP contribution in [0.2, 0.25) is 0 Å². The molecule has 0 aliphatic heterocycles. The fraction of sp³-hybridized carbons (Fsp3) is 0.176. The number of carboxylic acids is 1. The van der Waals surface area contributed by atoms with Gasteiger partial charge in [0.2, 0.25) is 0 Å². The van der Waals surface area contributed by atoms with Gasteiger partial charge in [0.15, 0.2) is 0 Å². The topological polar surface area (TPSA) is 67.2 Å². The zero-order valence-electron chi connectivity index (χ0n) is 12.4. The van der Waals surface area contributed by atoms with Crippen LogP contribution in [0.1, 0.15) is 23.1 Å². The minimum atomic E-state index is -1.20. The Bertz CT molecular complexity index is 852. The van der Waals surface area contributed by atoms with Crippen LogP contribution in [0.15, 0.2) is 42.5 Å². The molecular weight excluding hydrogens is 280 g/mol. The minimum absolute atomic E-state index is 0.121. The lowest BCUT2D eigenvalue weighted by molar-refractivity contribution is -0.255. The number of aromatic carboxylic acids is 1. The molecule has 0 aliphatic rings. The van der Waals surface area contributed by atoms with E-state index in [0.717, 1.165) is 22.8 Å². The number of ether oxygens (including phenoxy) is 1. The summed E-state index contributed by atoms with van der Waals surface area (Å²) in [6.45, 7) is 4.38. The highest BCUT2D eigenvalue weighted by atomic mass is 16.5. The van der Waals surface area contributed by atoms with Crippen LogP contribution in [0, 0.1) is 6.92 Å². The lowest BCUT2D eigenvalue weighted by Crippen LogP contribution is -2.21. The van der Waals surface area contributed by atoms with Gasteiger partial charge in [-0.05, 0) is 43.7 Å². The van der Waals surface area contributed by atoms with Gasteiger partial charge in [0.05, 0.1) is 29.3 Å². The Labute approximate surface area is 127 Å². The van der Waals surface area contributed by atoms with Crippen molar-refractivity contribution < 1.29 is 14.6 Å². The molecule has 0 radical (unpaired) electrons. The number of aryl methyl sites for hydroxylation is 1. The van der Waals surface area contributed by atoms with Crippen molar-refractivity contribution in [3.05, 3.63) is 53.9 Å². The third-order valence-corrected chi connectivity index (χ3v) is 3.46. The number of hydrogen-bond donors (Lipinski definition) is 0. The molecule has 0 unspecified atom stereocenters. The minimum Gasteiger partial charge on any atom is -0.545 e. The maximum absolute atomic E-state index is 11.0. The summed E-state index contributed by atoms with van der Waals surface area (Å²) >= 11 is 0. The third kappa shape index (κ3) is 2.30. The van der Waals surface area contributed by atoms with E-state index < -0.39 is 5.97 Å². The molecule has 1 heterocycles. The lowest BCUT2D eigenvalue weighted by Gasteiger charge is -2.13. The van der Waals surface area contributed by atoms with E-state index in [1.807, 2.05) is 42.7 Å². The molecule has 0 spiro atoms. The highest BCUT2D eigenvalue weighted by Gasteiger charge is 2.13. The van der Waals surface area contributed by atoms with Crippen LogP contribution in [-0.4, -0.2) is 22.1 Å². The first-order valence-electron chi connectivity index (χ1n) is 7.04. The summed E-state index contributed by atoms with van der Waals surface area (Å²) in [5, 5.41) is 11.0. The molecule has 0 atom stereocenters. The average molecular weight is 295 g/mol. The largest absolute Gasteiger partial charge is 0.545 e. The number of fused-ring (bicyclic) bond motifs is 1.